The summed E-state index contributed by atoms with van der Waals surface area (Å²) in [6.45, 7) is 0. The van der Waals surface area contributed by atoms with Gasteiger partial charge in [0.05, 0.1) is 23.2 Å². The Hall–Kier alpha value is -3.64. The Morgan fingerprint density at radius 2 is 1.63 bits per heavy atom. The minimum Gasteiger partial charge on any atom is -0.481 e. The third kappa shape index (κ3) is 5.38. The number of aromatic nitrogens is 3. The number of pyridine rings is 1. The Kier molecular flexibility index (Phi) is 6.68. The fourth-order valence-corrected chi connectivity index (χ4v) is 4.60. The number of alkyl halides is 3. The van der Waals surface area contributed by atoms with E-state index in [1.165, 1.54) is 49.6 Å². The van der Waals surface area contributed by atoms with E-state index in [-0.39, 0.29) is 32.4 Å². The van der Waals surface area contributed by atoms with Crippen molar-refractivity contribution in [3.05, 3.63) is 77.4 Å². The zero-order valence-electron chi connectivity index (χ0n) is 17.8. The van der Waals surface area contributed by atoms with Gasteiger partial charge in [-0.2, -0.15) is 13.2 Å². The molecule has 0 aliphatic carbocycles. The van der Waals surface area contributed by atoms with Crippen molar-refractivity contribution in [1.82, 2.24) is 15.0 Å². The molecule has 0 fully saturated rings. The first kappa shape index (κ1) is 24.5. The molecule has 1 N–H and O–H groups in total. The summed E-state index contributed by atoms with van der Waals surface area (Å²) in [6, 6.07) is 14.2. The van der Waals surface area contributed by atoms with E-state index in [1.54, 1.807) is 12.1 Å². The van der Waals surface area contributed by atoms with Crippen molar-refractivity contribution in [2.75, 3.05) is 11.8 Å². The van der Waals surface area contributed by atoms with E-state index >= 15 is 0 Å². The lowest BCUT2D eigenvalue weighted by molar-refractivity contribution is -0.198. The van der Waals surface area contributed by atoms with E-state index < -0.39 is 34.0 Å². The molecule has 13 heteroatoms. The second kappa shape index (κ2) is 9.55. The molecule has 2 aromatic heterocycles. The van der Waals surface area contributed by atoms with Crippen LogP contribution in [-0.2, 0) is 10.0 Å². The predicted octanol–water partition coefficient (Wildman–Crippen LogP) is 5.17. The van der Waals surface area contributed by atoms with Crippen molar-refractivity contribution >= 4 is 38.5 Å². The molecule has 1 unspecified atom stereocenters. The number of benzene rings is 2. The van der Waals surface area contributed by atoms with Crippen LogP contribution in [0.2, 0.25) is 5.02 Å². The molecule has 2 aromatic carbocycles. The summed E-state index contributed by atoms with van der Waals surface area (Å²) in [5.74, 6) is -1.12. The number of para-hydroxylation sites is 2. The highest BCUT2D eigenvalue weighted by molar-refractivity contribution is 7.92. The highest BCUT2D eigenvalue weighted by atomic mass is 35.5. The van der Waals surface area contributed by atoms with Gasteiger partial charge in [-0.15, -0.1) is 0 Å². The number of ether oxygens (including phenoxy) is 2. The van der Waals surface area contributed by atoms with Crippen LogP contribution in [0, 0.1) is 0 Å². The summed E-state index contributed by atoms with van der Waals surface area (Å²) in [5.41, 5.74) is 0.0662. The van der Waals surface area contributed by atoms with Gasteiger partial charge in [0.1, 0.15) is 4.90 Å². The monoisotopic (exact) mass is 524 g/mol. The van der Waals surface area contributed by atoms with Gasteiger partial charge in [0.2, 0.25) is 17.8 Å². The van der Waals surface area contributed by atoms with Gasteiger partial charge in [-0.25, -0.2) is 23.4 Å². The van der Waals surface area contributed by atoms with Crippen molar-refractivity contribution < 1.29 is 31.1 Å². The molecule has 0 saturated heterocycles. The zero-order valence-corrected chi connectivity index (χ0v) is 19.4. The quantitative estimate of drug-likeness (QED) is 0.356. The van der Waals surface area contributed by atoms with Crippen LogP contribution in [0.25, 0.3) is 11.0 Å². The average molecular weight is 525 g/mol. The number of halogens is 4. The summed E-state index contributed by atoms with van der Waals surface area (Å²) in [4.78, 5) is 11.7. The molecule has 0 aliphatic rings. The molecule has 0 aliphatic heterocycles. The molecule has 182 valence electrons. The van der Waals surface area contributed by atoms with Crippen LogP contribution in [-0.4, -0.2) is 36.7 Å². The van der Waals surface area contributed by atoms with Gasteiger partial charge in [-0.05, 0) is 30.3 Å². The number of hydrogen-bond acceptors (Lipinski definition) is 7. The normalized spacial score (nSPS) is 12.8. The third-order valence-corrected chi connectivity index (χ3v) is 6.53. The molecule has 0 radical (unpaired) electrons. The Bertz CT molecular complexity index is 1470. The smallest absolute Gasteiger partial charge is 0.429 e. The molecule has 0 saturated carbocycles. The van der Waals surface area contributed by atoms with Crippen LogP contribution >= 0.6 is 11.6 Å². The number of hydrogen-bond donors (Lipinski definition) is 1. The Balaban J connectivity index is 1.81. The van der Waals surface area contributed by atoms with Crippen molar-refractivity contribution in [3.8, 4) is 11.8 Å². The topological polar surface area (TPSA) is 103 Å². The molecular formula is C22H16ClF3N4O4S. The molecule has 1 atom stereocenters. The number of anilines is 1. The van der Waals surface area contributed by atoms with E-state index in [4.69, 9.17) is 21.1 Å². The van der Waals surface area contributed by atoms with E-state index in [0.29, 0.717) is 0 Å². The highest BCUT2D eigenvalue weighted by Crippen LogP contribution is 2.39. The fourth-order valence-electron chi connectivity index (χ4n) is 3.08. The van der Waals surface area contributed by atoms with Crippen LogP contribution < -0.4 is 14.2 Å². The van der Waals surface area contributed by atoms with Gasteiger partial charge in [0, 0.05) is 17.8 Å². The van der Waals surface area contributed by atoms with E-state index in [2.05, 4.69) is 19.7 Å². The maximum Gasteiger partial charge on any atom is 0.429 e. The summed E-state index contributed by atoms with van der Waals surface area (Å²) >= 11 is 6.01. The number of rotatable bonds is 7. The van der Waals surface area contributed by atoms with Gasteiger partial charge in [0.25, 0.3) is 15.9 Å². The van der Waals surface area contributed by atoms with Crippen LogP contribution in [0.5, 0.6) is 11.8 Å². The van der Waals surface area contributed by atoms with Crippen molar-refractivity contribution in [2.45, 2.75) is 17.2 Å². The predicted molar refractivity (Wildman–Crippen MR) is 122 cm³/mol. The van der Waals surface area contributed by atoms with E-state index in [0.717, 1.165) is 12.3 Å². The molecule has 8 nitrogen and oxygen atoms in total. The zero-order chi connectivity index (χ0) is 25.2. The SMILES string of the molecule is COc1ccc(C(Oc2nc3ccccc3nc2NS(=O)(=O)c2ccccc2Cl)C(F)(F)F)cn1. The van der Waals surface area contributed by atoms with Gasteiger partial charge >= 0.3 is 6.18 Å². The molecule has 0 spiro atoms. The fraction of sp³-hybridized carbons (Fsp3) is 0.136. The Labute approximate surface area is 202 Å². The summed E-state index contributed by atoms with van der Waals surface area (Å²) < 4.78 is 80.2. The molecule has 2 heterocycles. The summed E-state index contributed by atoms with van der Waals surface area (Å²) in [6.07, 6.45) is -6.48. The van der Waals surface area contributed by atoms with Crippen LogP contribution in [0.4, 0.5) is 19.0 Å². The molecule has 0 bridgehead atoms. The van der Waals surface area contributed by atoms with Crippen molar-refractivity contribution in [3.63, 3.8) is 0 Å². The number of nitrogens with zero attached hydrogens (tertiary/aromatic N) is 3. The highest BCUT2D eigenvalue weighted by Gasteiger charge is 2.44. The summed E-state index contributed by atoms with van der Waals surface area (Å²) in [5, 5.41) is -0.0892. The van der Waals surface area contributed by atoms with Crippen LogP contribution in [0.1, 0.15) is 11.7 Å². The van der Waals surface area contributed by atoms with Gasteiger partial charge in [-0.1, -0.05) is 35.9 Å². The summed E-state index contributed by atoms with van der Waals surface area (Å²) in [7, 11) is -3.03. The Morgan fingerprint density at radius 1 is 0.971 bits per heavy atom. The van der Waals surface area contributed by atoms with Gasteiger partial charge in [-0.3, -0.25) is 4.72 Å². The number of methoxy groups -OCH3 is 1. The lowest BCUT2D eigenvalue weighted by Crippen LogP contribution is -2.27. The largest absolute Gasteiger partial charge is 0.481 e. The first-order valence-electron chi connectivity index (χ1n) is 9.86. The molecule has 0 amide bonds. The first-order valence-corrected chi connectivity index (χ1v) is 11.7. The third-order valence-electron chi connectivity index (χ3n) is 4.69. The van der Waals surface area contributed by atoms with Gasteiger partial charge in [0.15, 0.2) is 0 Å². The first-order chi connectivity index (χ1) is 16.6. The number of fused-ring (bicyclic) bond motifs is 1. The van der Waals surface area contributed by atoms with E-state index in [9.17, 15) is 21.6 Å². The standard InChI is InChI=1S/C22H16ClF3N4O4S/c1-33-18-11-10-13(12-27-18)19(22(24,25)26)34-21-20(28-15-7-3-4-8-16(15)29-21)30-35(31,32)17-9-5-2-6-14(17)23/h2-12,19H,1H3,(H,28,30). The average Bonchev–Trinajstić information content (AvgIpc) is 2.82. The molecule has 4 rings (SSSR count). The minimum atomic E-state index is -4.90. The molecule has 4 aromatic rings. The molecule has 35 heavy (non-hydrogen) atoms. The Morgan fingerprint density at radius 3 is 2.23 bits per heavy atom. The lowest BCUT2D eigenvalue weighted by atomic mass is 10.1. The lowest BCUT2D eigenvalue weighted by Gasteiger charge is -2.23. The second-order valence-electron chi connectivity index (χ2n) is 7.08. The molecular weight excluding hydrogens is 509 g/mol. The van der Waals surface area contributed by atoms with Crippen molar-refractivity contribution in [2.24, 2.45) is 0 Å². The minimum absolute atomic E-state index is 0.0892. The van der Waals surface area contributed by atoms with E-state index in [1.807, 2.05) is 0 Å². The maximum atomic E-state index is 14.0. The number of nitrogens with one attached hydrogen (secondary N) is 1. The maximum absolute atomic E-state index is 14.0. The van der Waals surface area contributed by atoms with Gasteiger partial charge < -0.3 is 9.47 Å². The number of sulfonamides is 1. The second-order valence-corrected chi connectivity index (χ2v) is 9.13. The van der Waals surface area contributed by atoms with Crippen LogP contribution in [0.15, 0.2) is 71.8 Å². The van der Waals surface area contributed by atoms with Crippen molar-refractivity contribution in [1.29, 1.82) is 0 Å². The van der Waals surface area contributed by atoms with Crippen LogP contribution in [0.3, 0.4) is 0 Å².